The molecular formula is C16H28N5O2+. The van der Waals surface area contributed by atoms with Gasteiger partial charge in [0.15, 0.2) is 6.54 Å². The number of hydrogen-bond acceptors (Lipinski definition) is 3. The van der Waals surface area contributed by atoms with E-state index in [1.165, 1.54) is 4.90 Å². The monoisotopic (exact) mass is 322 g/mol. The van der Waals surface area contributed by atoms with Crippen LogP contribution in [0.5, 0.6) is 0 Å². The molecule has 0 spiro atoms. The van der Waals surface area contributed by atoms with Gasteiger partial charge in [0, 0.05) is 37.5 Å². The number of primary amides is 1. The maximum atomic E-state index is 12.0. The Hall–Kier alpha value is -1.89. The molecule has 128 valence electrons. The van der Waals surface area contributed by atoms with Crippen LogP contribution in [0.2, 0.25) is 0 Å². The first-order valence-corrected chi connectivity index (χ1v) is 8.36. The van der Waals surface area contributed by atoms with Gasteiger partial charge in [-0.2, -0.15) is 5.10 Å². The van der Waals surface area contributed by atoms with Gasteiger partial charge < -0.3 is 16.0 Å². The van der Waals surface area contributed by atoms with Crippen molar-refractivity contribution in [2.24, 2.45) is 11.7 Å². The van der Waals surface area contributed by atoms with Crippen molar-refractivity contribution in [2.75, 3.05) is 26.2 Å². The van der Waals surface area contributed by atoms with E-state index in [4.69, 9.17) is 5.73 Å². The number of hydrogen-bond donors (Lipinski definition) is 3. The molecule has 1 saturated heterocycles. The van der Waals surface area contributed by atoms with Crippen LogP contribution in [0.25, 0.3) is 0 Å². The Balaban J connectivity index is 1.60. The van der Waals surface area contributed by atoms with Crippen molar-refractivity contribution in [3.63, 3.8) is 0 Å². The average molecular weight is 322 g/mol. The van der Waals surface area contributed by atoms with Crippen LogP contribution in [0.15, 0.2) is 6.07 Å². The molecule has 0 aliphatic carbocycles. The molecule has 7 heteroatoms. The third kappa shape index (κ3) is 5.35. The van der Waals surface area contributed by atoms with Gasteiger partial charge in [0.1, 0.15) is 0 Å². The highest BCUT2D eigenvalue weighted by Gasteiger charge is 2.26. The normalized spacial score (nSPS) is 21.1. The largest absolute Gasteiger partial charge is 0.369 e. The van der Waals surface area contributed by atoms with Crippen LogP contribution in [0.3, 0.4) is 0 Å². The molecule has 2 rings (SSSR count). The van der Waals surface area contributed by atoms with Gasteiger partial charge in [-0.05, 0) is 26.3 Å². The van der Waals surface area contributed by atoms with Crippen LogP contribution in [0, 0.1) is 19.8 Å². The van der Waals surface area contributed by atoms with Crippen molar-refractivity contribution in [2.45, 2.75) is 39.7 Å². The fourth-order valence-electron chi connectivity index (χ4n) is 3.13. The van der Waals surface area contributed by atoms with E-state index in [9.17, 15) is 9.59 Å². The Kier molecular flexibility index (Phi) is 6.15. The maximum Gasteiger partial charge on any atom is 0.275 e. The number of rotatable bonds is 7. The number of carbonyl (C=O) groups excluding carboxylic acids is 2. The Bertz CT molecular complexity index is 547. The number of carbonyl (C=O) groups is 2. The molecule has 0 atom stereocenters. The first-order valence-electron chi connectivity index (χ1n) is 8.36. The van der Waals surface area contributed by atoms with Gasteiger partial charge in [0.25, 0.3) is 5.91 Å². The summed E-state index contributed by atoms with van der Waals surface area (Å²) < 4.78 is 1.97. The number of amides is 2. The molecular weight excluding hydrogens is 294 g/mol. The van der Waals surface area contributed by atoms with Gasteiger partial charge >= 0.3 is 0 Å². The third-order valence-corrected chi connectivity index (χ3v) is 4.48. The Morgan fingerprint density at radius 3 is 2.65 bits per heavy atom. The number of likely N-dealkylation sites (tertiary alicyclic amines) is 1. The van der Waals surface area contributed by atoms with E-state index >= 15 is 0 Å². The fraction of sp³-hybridized carbons (Fsp3) is 0.688. The number of nitrogens with zero attached hydrogens (tertiary/aromatic N) is 2. The minimum absolute atomic E-state index is 0.0115. The molecule has 2 amide bonds. The fourth-order valence-corrected chi connectivity index (χ4v) is 3.13. The second-order valence-corrected chi connectivity index (χ2v) is 6.46. The van der Waals surface area contributed by atoms with Crippen LogP contribution in [0.1, 0.15) is 30.7 Å². The Labute approximate surface area is 137 Å². The number of aryl methyl sites for hydroxylation is 3. The van der Waals surface area contributed by atoms with E-state index in [2.05, 4.69) is 16.5 Å². The summed E-state index contributed by atoms with van der Waals surface area (Å²) in [6.45, 7) is 7.66. The van der Waals surface area contributed by atoms with Crippen molar-refractivity contribution in [1.82, 2.24) is 15.1 Å². The molecule has 0 saturated carbocycles. The molecule has 1 aromatic rings. The van der Waals surface area contributed by atoms with Gasteiger partial charge in [-0.3, -0.25) is 14.3 Å². The number of nitrogens with one attached hydrogen (secondary N) is 2. The number of nitrogens with two attached hydrogens (primary N) is 1. The van der Waals surface area contributed by atoms with Crippen LogP contribution in [-0.2, 0) is 16.1 Å². The molecule has 1 aliphatic rings. The van der Waals surface area contributed by atoms with Crippen LogP contribution in [-0.4, -0.2) is 47.8 Å². The predicted molar refractivity (Wildman–Crippen MR) is 86.8 cm³/mol. The molecule has 0 radical (unpaired) electrons. The van der Waals surface area contributed by atoms with E-state index in [-0.39, 0.29) is 17.7 Å². The molecule has 7 nitrogen and oxygen atoms in total. The Morgan fingerprint density at radius 1 is 1.39 bits per heavy atom. The highest BCUT2D eigenvalue weighted by molar-refractivity contribution is 5.77. The summed E-state index contributed by atoms with van der Waals surface area (Å²) in [5, 5.41) is 7.37. The van der Waals surface area contributed by atoms with E-state index < -0.39 is 0 Å². The topological polar surface area (TPSA) is 94.5 Å². The minimum atomic E-state index is -0.211. The van der Waals surface area contributed by atoms with Crippen molar-refractivity contribution < 1.29 is 14.5 Å². The number of aromatic nitrogens is 2. The summed E-state index contributed by atoms with van der Waals surface area (Å²) >= 11 is 0. The number of quaternary nitrogens is 1. The third-order valence-electron chi connectivity index (χ3n) is 4.48. The first-order chi connectivity index (χ1) is 11.0. The van der Waals surface area contributed by atoms with Gasteiger partial charge in [0.2, 0.25) is 5.91 Å². The lowest BCUT2D eigenvalue weighted by Gasteiger charge is -2.27. The first kappa shape index (κ1) is 17.5. The lowest BCUT2D eigenvalue weighted by molar-refractivity contribution is -0.897. The zero-order chi connectivity index (χ0) is 16.8. The van der Waals surface area contributed by atoms with Crippen LogP contribution in [0.4, 0.5) is 0 Å². The van der Waals surface area contributed by atoms with E-state index in [1.54, 1.807) is 0 Å². The average Bonchev–Trinajstić information content (AvgIpc) is 2.82. The maximum absolute atomic E-state index is 12.0. The van der Waals surface area contributed by atoms with Crippen LogP contribution >= 0.6 is 0 Å². The lowest BCUT2D eigenvalue weighted by atomic mass is 9.96. The smallest absolute Gasteiger partial charge is 0.275 e. The summed E-state index contributed by atoms with van der Waals surface area (Å²) in [7, 11) is 0. The quantitative estimate of drug-likeness (QED) is 0.550. The van der Waals surface area contributed by atoms with Gasteiger partial charge in [-0.1, -0.05) is 0 Å². The van der Waals surface area contributed by atoms with Crippen LogP contribution < -0.4 is 16.0 Å². The standard InChI is InChI=1S/C16H27N5O2/c1-12-10-13(2)21(19-12)7-3-6-18-15(22)11-20-8-4-14(5-9-20)16(17)23/h10,14H,3-9,11H2,1-2H3,(H2,17,23)(H,18,22)/p+1. The minimum Gasteiger partial charge on any atom is -0.369 e. The second-order valence-electron chi connectivity index (χ2n) is 6.46. The summed E-state index contributed by atoms with van der Waals surface area (Å²) in [5.41, 5.74) is 7.49. The Morgan fingerprint density at radius 2 is 2.09 bits per heavy atom. The zero-order valence-electron chi connectivity index (χ0n) is 14.1. The van der Waals surface area contributed by atoms with E-state index in [0.29, 0.717) is 13.1 Å². The SMILES string of the molecule is Cc1cc(C)n(CCCNC(=O)C[NH+]2CCC(C(N)=O)CC2)n1. The summed E-state index contributed by atoms with van der Waals surface area (Å²) in [4.78, 5) is 24.3. The van der Waals surface area contributed by atoms with Crippen molar-refractivity contribution in [3.8, 4) is 0 Å². The summed E-state index contributed by atoms with van der Waals surface area (Å²) in [5.74, 6) is -0.147. The van der Waals surface area contributed by atoms with Crippen molar-refractivity contribution in [3.05, 3.63) is 17.5 Å². The van der Waals surface area contributed by atoms with E-state index in [1.807, 2.05) is 18.5 Å². The molecule has 0 bridgehead atoms. The second kappa shape index (κ2) is 8.10. The van der Waals surface area contributed by atoms with Gasteiger partial charge in [-0.25, -0.2) is 0 Å². The molecule has 2 heterocycles. The van der Waals surface area contributed by atoms with Crippen molar-refractivity contribution in [1.29, 1.82) is 0 Å². The molecule has 1 fully saturated rings. The zero-order valence-corrected chi connectivity index (χ0v) is 14.1. The summed E-state index contributed by atoms with van der Waals surface area (Å²) in [6, 6.07) is 2.05. The lowest BCUT2D eigenvalue weighted by Crippen LogP contribution is -3.14. The molecule has 0 aromatic carbocycles. The predicted octanol–water partition coefficient (Wildman–Crippen LogP) is -1.21. The molecule has 4 N–H and O–H groups in total. The van der Waals surface area contributed by atoms with E-state index in [0.717, 1.165) is 50.3 Å². The molecule has 1 aliphatic heterocycles. The molecule has 0 unspecified atom stereocenters. The number of piperidine rings is 1. The molecule has 1 aromatic heterocycles. The highest BCUT2D eigenvalue weighted by Crippen LogP contribution is 2.07. The van der Waals surface area contributed by atoms with Gasteiger partial charge in [-0.15, -0.1) is 0 Å². The van der Waals surface area contributed by atoms with Gasteiger partial charge in [0.05, 0.1) is 18.8 Å². The molecule has 23 heavy (non-hydrogen) atoms. The van der Waals surface area contributed by atoms with Crippen molar-refractivity contribution >= 4 is 11.8 Å². The highest BCUT2D eigenvalue weighted by atomic mass is 16.2. The summed E-state index contributed by atoms with van der Waals surface area (Å²) in [6.07, 6.45) is 2.44.